The monoisotopic (exact) mass is 266 g/mol. The van der Waals surface area contributed by atoms with Gasteiger partial charge in [-0.25, -0.2) is 4.79 Å². The molecule has 0 aliphatic rings. The van der Waals surface area contributed by atoms with Crippen molar-refractivity contribution in [3.63, 3.8) is 0 Å². The molecule has 0 aromatic heterocycles. The summed E-state index contributed by atoms with van der Waals surface area (Å²) >= 11 is 0. The van der Waals surface area contributed by atoms with Crippen molar-refractivity contribution < 1.29 is 9.53 Å². The van der Waals surface area contributed by atoms with Crippen molar-refractivity contribution in [3.8, 4) is 11.1 Å². The molecule has 20 heavy (non-hydrogen) atoms. The molecular weight excluding hydrogens is 248 g/mol. The first-order valence-electron chi connectivity index (χ1n) is 6.71. The maximum Gasteiger partial charge on any atom is 0.330 e. The molecule has 2 aromatic rings. The Kier molecular flexibility index (Phi) is 4.72. The molecule has 0 unspecified atom stereocenters. The molecule has 0 aliphatic heterocycles. The van der Waals surface area contributed by atoms with Gasteiger partial charge in [0.2, 0.25) is 0 Å². The largest absolute Gasteiger partial charge is 0.463 e. The highest BCUT2D eigenvalue weighted by Crippen LogP contribution is 2.24. The van der Waals surface area contributed by atoms with Crippen LogP contribution >= 0.6 is 0 Å². The van der Waals surface area contributed by atoms with Crippen LogP contribution in [0, 0.1) is 6.92 Å². The standard InChI is InChI=1S/C18H18O2/c1-3-20-18(19)12-11-15-8-6-9-16(13-15)17-10-5-4-7-14(17)2/h4-13H,3H2,1-2H3. The van der Waals surface area contributed by atoms with E-state index in [1.807, 2.05) is 24.3 Å². The fourth-order valence-corrected chi connectivity index (χ4v) is 2.06. The predicted octanol–water partition coefficient (Wildman–Crippen LogP) is 4.24. The van der Waals surface area contributed by atoms with E-state index >= 15 is 0 Å². The van der Waals surface area contributed by atoms with Gasteiger partial charge < -0.3 is 4.74 Å². The fourth-order valence-electron chi connectivity index (χ4n) is 2.06. The molecular formula is C18H18O2. The van der Waals surface area contributed by atoms with Gasteiger partial charge in [0, 0.05) is 6.08 Å². The summed E-state index contributed by atoms with van der Waals surface area (Å²) < 4.78 is 4.87. The second-order valence-electron chi connectivity index (χ2n) is 4.53. The SMILES string of the molecule is CCOC(=O)C=Cc1cccc(-c2ccccc2C)c1. The lowest BCUT2D eigenvalue weighted by Gasteiger charge is -2.06. The van der Waals surface area contributed by atoms with E-state index in [1.165, 1.54) is 17.2 Å². The van der Waals surface area contributed by atoms with Crippen LogP contribution in [0.5, 0.6) is 0 Å². The summed E-state index contributed by atoms with van der Waals surface area (Å²) in [4.78, 5) is 11.3. The van der Waals surface area contributed by atoms with Crippen molar-refractivity contribution >= 4 is 12.0 Å². The zero-order valence-corrected chi connectivity index (χ0v) is 11.8. The highest BCUT2D eigenvalue weighted by Gasteiger charge is 2.01. The van der Waals surface area contributed by atoms with Gasteiger partial charge >= 0.3 is 5.97 Å². The predicted molar refractivity (Wildman–Crippen MR) is 82.3 cm³/mol. The van der Waals surface area contributed by atoms with Crippen LogP contribution in [-0.4, -0.2) is 12.6 Å². The molecule has 0 fully saturated rings. The third-order valence-electron chi connectivity index (χ3n) is 3.04. The summed E-state index contributed by atoms with van der Waals surface area (Å²) in [6.07, 6.45) is 3.24. The Balaban J connectivity index is 2.25. The minimum atomic E-state index is -0.311. The van der Waals surface area contributed by atoms with Gasteiger partial charge in [0.05, 0.1) is 6.61 Å². The van der Waals surface area contributed by atoms with Crippen LogP contribution in [0.15, 0.2) is 54.6 Å². The van der Waals surface area contributed by atoms with Gasteiger partial charge in [-0.1, -0.05) is 42.5 Å². The van der Waals surface area contributed by atoms with Crippen LogP contribution < -0.4 is 0 Å². The second-order valence-corrected chi connectivity index (χ2v) is 4.53. The van der Waals surface area contributed by atoms with Crippen LogP contribution in [-0.2, 0) is 9.53 Å². The summed E-state index contributed by atoms with van der Waals surface area (Å²) in [5, 5.41) is 0. The number of carbonyl (C=O) groups is 1. The molecule has 0 heterocycles. The van der Waals surface area contributed by atoms with E-state index in [0.29, 0.717) is 6.61 Å². The molecule has 2 nitrogen and oxygen atoms in total. The highest BCUT2D eigenvalue weighted by atomic mass is 16.5. The third-order valence-corrected chi connectivity index (χ3v) is 3.04. The van der Waals surface area contributed by atoms with Crippen LogP contribution in [0.4, 0.5) is 0 Å². The van der Waals surface area contributed by atoms with Crippen LogP contribution in [0.25, 0.3) is 17.2 Å². The van der Waals surface area contributed by atoms with Gasteiger partial charge in [-0.2, -0.15) is 0 Å². The van der Waals surface area contributed by atoms with Gasteiger partial charge in [-0.3, -0.25) is 0 Å². The Bertz CT molecular complexity index is 627. The van der Waals surface area contributed by atoms with E-state index in [1.54, 1.807) is 13.0 Å². The van der Waals surface area contributed by atoms with Crippen molar-refractivity contribution in [2.75, 3.05) is 6.61 Å². The quantitative estimate of drug-likeness (QED) is 0.611. The summed E-state index contributed by atoms with van der Waals surface area (Å²) in [6.45, 7) is 4.29. The van der Waals surface area contributed by atoms with Crippen LogP contribution in [0.1, 0.15) is 18.1 Å². The summed E-state index contributed by atoms with van der Waals surface area (Å²) in [5.74, 6) is -0.311. The van der Waals surface area contributed by atoms with E-state index in [2.05, 4.69) is 31.2 Å². The van der Waals surface area contributed by atoms with Crippen molar-refractivity contribution in [3.05, 3.63) is 65.7 Å². The minimum Gasteiger partial charge on any atom is -0.463 e. The number of ether oxygens (including phenoxy) is 1. The molecule has 102 valence electrons. The number of carbonyl (C=O) groups excluding carboxylic acids is 1. The first-order valence-corrected chi connectivity index (χ1v) is 6.71. The zero-order valence-electron chi connectivity index (χ0n) is 11.8. The Morgan fingerprint density at radius 2 is 1.95 bits per heavy atom. The van der Waals surface area contributed by atoms with Crippen molar-refractivity contribution in [1.29, 1.82) is 0 Å². The molecule has 0 amide bonds. The topological polar surface area (TPSA) is 26.3 Å². The number of rotatable bonds is 4. The molecule has 0 saturated heterocycles. The van der Waals surface area contributed by atoms with Crippen LogP contribution in [0.2, 0.25) is 0 Å². The molecule has 2 aromatic carbocycles. The molecule has 0 saturated carbocycles. The molecule has 0 N–H and O–H groups in total. The Morgan fingerprint density at radius 3 is 2.70 bits per heavy atom. The molecule has 0 aliphatic carbocycles. The first kappa shape index (κ1) is 14.1. The number of benzene rings is 2. The maximum atomic E-state index is 11.3. The van der Waals surface area contributed by atoms with E-state index in [4.69, 9.17) is 4.74 Å². The second kappa shape index (κ2) is 6.71. The third kappa shape index (κ3) is 3.58. The summed E-state index contributed by atoms with van der Waals surface area (Å²) in [7, 11) is 0. The van der Waals surface area contributed by atoms with Gasteiger partial charge in [-0.15, -0.1) is 0 Å². The average molecular weight is 266 g/mol. The van der Waals surface area contributed by atoms with Crippen molar-refractivity contribution in [2.24, 2.45) is 0 Å². The number of hydrogen-bond acceptors (Lipinski definition) is 2. The van der Waals surface area contributed by atoms with Crippen molar-refractivity contribution in [1.82, 2.24) is 0 Å². The summed E-state index contributed by atoms with van der Waals surface area (Å²) in [5.41, 5.74) is 4.57. The van der Waals surface area contributed by atoms with E-state index in [9.17, 15) is 4.79 Å². The summed E-state index contributed by atoms with van der Waals surface area (Å²) in [6, 6.07) is 16.4. The zero-order chi connectivity index (χ0) is 14.4. The fraction of sp³-hybridized carbons (Fsp3) is 0.167. The highest BCUT2D eigenvalue weighted by molar-refractivity contribution is 5.87. The Labute approximate surface area is 119 Å². The Morgan fingerprint density at radius 1 is 1.15 bits per heavy atom. The lowest BCUT2D eigenvalue weighted by Crippen LogP contribution is -1.98. The molecule has 0 spiro atoms. The Hall–Kier alpha value is -2.35. The average Bonchev–Trinajstić information content (AvgIpc) is 2.46. The lowest BCUT2D eigenvalue weighted by molar-refractivity contribution is -0.137. The minimum absolute atomic E-state index is 0.311. The normalized spacial score (nSPS) is 10.7. The van der Waals surface area contributed by atoms with Gasteiger partial charge in [-0.05, 0) is 48.2 Å². The molecule has 2 rings (SSSR count). The number of hydrogen-bond donors (Lipinski definition) is 0. The van der Waals surface area contributed by atoms with Gasteiger partial charge in [0.15, 0.2) is 0 Å². The van der Waals surface area contributed by atoms with Crippen molar-refractivity contribution in [2.45, 2.75) is 13.8 Å². The van der Waals surface area contributed by atoms with Crippen LogP contribution in [0.3, 0.4) is 0 Å². The maximum absolute atomic E-state index is 11.3. The smallest absolute Gasteiger partial charge is 0.330 e. The van der Waals surface area contributed by atoms with Gasteiger partial charge in [0.1, 0.15) is 0 Å². The molecule has 0 radical (unpaired) electrons. The van der Waals surface area contributed by atoms with Gasteiger partial charge in [0.25, 0.3) is 0 Å². The molecule has 0 bridgehead atoms. The number of esters is 1. The lowest BCUT2D eigenvalue weighted by atomic mass is 9.99. The van der Waals surface area contributed by atoms with E-state index < -0.39 is 0 Å². The van der Waals surface area contributed by atoms with E-state index in [0.717, 1.165) is 11.1 Å². The molecule has 2 heteroatoms. The first-order chi connectivity index (χ1) is 9.70. The van der Waals surface area contributed by atoms with E-state index in [-0.39, 0.29) is 5.97 Å². The molecule has 0 atom stereocenters. The number of aryl methyl sites for hydroxylation is 1.